The van der Waals surface area contributed by atoms with Gasteiger partial charge in [-0.15, -0.1) is 0 Å². The summed E-state index contributed by atoms with van der Waals surface area (Å²) in [5, 5.41) is 7.47. The van der Waals surface area contributed by atoms with E-state index in [4.69, 9.17) is 0 Å². The Morgan fingerprint density at radius 1 is 1.20 bits per heavy atom. The topological polar surface area (TPSA) is 46.9 Å². The molecule has 1 aromatic heterocycles. The fourth-order valence-corrected chi connectivity index (χ4v) is 2.18. The molecule has 0 atom stereocenters. The van der Waals surface area contributed by atoms with Crippen LogP contribution in [0.4, 0.5) is 0 Å². The number of aromatic nitrogens is 2. The third-order valence-corrected chi connectivity index (χ3v) is 3.37. The summed E-state index contributed by atoms with van der Waals surface area (Å²) in [5.74, 6) is 0. The lowest BCUT2D eigenvalue weighted by Gasteiger charge is -2.09. The number of rotatable bonds is 5. The number of benzene rings is 1. The maximum absolute atomic E-state index is 12.1. The maximum Gasteiger partial charge on any atom is 0.271 e. The fraction of sp³-hybridized carbons (Fsp3) is 0.375. The molecular weight excluding hydrogens is 250 g/mol. The number of aryl methyl sites for hydroxylation is 2. The van der Waals surface area contributed by atoms with Gasteiger partial charge in [0.15, 0.2) is 0 Å². The lowest BCUT2D eigenvalue weighted by Crippen LogP contribution is -2.28. The highest BCUT2D eigenvalue weighted by Gasteiger charge is 2.08. The van der Waals surface area contributed by atoms with E-state index in [2.05, 4.69) is 41.6 Å². The molecule has 0 bridgehead atoms. The van der Waals surface area contributed by atoms with E-state index in [1.807, 2.05) is 20.0 Å². The Labute approximate surface area is 119 Å². The van der Waals surface area contributed by atoms with Gasteiger partial charge in [-0.25, -0.2) is 4.68 Å². The van der Waals surface area contributed by atoms with Gasteiger partial charge in [0.05, 0.1) is 5.69 Å². The van der Waals surface area contributed by atoms with E-state index < -0.39 is 0 Å². The van der Waals surface area contributed by atoms with Crippen LogP contribution in [0, 0.1) is 0 Å². The van der Waals surface area contributed by atoms with Crippen molar-refractivity contribution in [1.29, 1.82) is 0 Å². The minimum atomic E-state index is -0.0178. The summed E-state index contributed by atoms with van der Waals surface area (Å²) in [6, 6.07) is 10.2. The summed E-state index contributed by atoms with van der Waals surface area (Å²) in [6.07, 6.45) is 1.02. The van der Waals surface area contributed by atoms with Gasteiger partial charge in [0, 0.05) is 24.2 Å². The molecule has 0 unspecified atom stereocenters. The summed E-state index contributed by atoms with van der Waals surface area (Å²) in [4.78, 5) is 12.1. The lowest BCUT2D eigenvalue weighted by atomic mass is 10.1. The summed E-state index contributed by atoms with van der Waals surface area (Å²) in [7, 11) is 1.84. The van der Waals surface area contributed by atoms with Crippen LogP contribution in [0.1, 0.15) is 25.0 Å². The molecule has 0 aliphatic carbocycles. The molecule has 2 aromatic rings. The second-order valence-electron chi connectivity index (χ2n) is 4.76. The van der Waals surface area contributed by atoms with Crippen LogP contribution in [0.15, 0.2) is 35.1 Å². The highest BCUT2D eigenvalue weighted by Crippen LogP contribution is 2.17. The Morgan fingerprint density at radius 2 is 1.90 bits per heavy atom. The summed E-state index contributed by atoms with van der Waals surface area (Å²) in [6.45, 7) is 5.20. The minimum absolute atomic E-state index is 0.0178. The van der Waals surface area contributed by atoms with Crippen molar-refractivity contribution in [2.24, 2.45) is 0 Å². The molecule has 2 rings (SSSR count). The molecule has 20 heavy (non-hydrogen) atoms. The normalized spacial score (nSPS) is 10.8. The van der Waals surface area contributed by atoms with E-state index in [0.29, 0.717) is 13.1 Å². The standard InChI is InChI=1S/C16H21N3O/c1-4-12-6-8-13(9-7-12)15-10-14(11-17-3)16(20)19(5-2)18-15/h6-10,17H,4-5,11H2,1-3H3. The molecule has 0 spiro atoms. The smallest absolute Gasteiger partial charge is 0.271 e. The molecule has 0 fully saturated rings. The Kier molecular flexibility index (Phi) is 4.69. The second-order valence-corrected chi connectivity index (χ2v) is 4.76. The summed E-state index contributed by atoms with van der Waals surface area (Å²) < 4.78 is 1.52. The van der Waals surface area contributed by atoms with Crippen molar-refractivity contribution in [1.82, 2.24) is 15.1 Å². The molecule has 1 N–H and O–H groups in total. The van der Waals surface area contributed by atoms with Gasteiger partial charge < -0.3 is 5.32 Å². The molecule has 1 aromatic carbocycles. The molecular formula is C16H21N3O. The number of nitrogens with zero attached hydrogens (tertiary/aromatic N) is 2. The largest absolute Gasteiger partial charge is 0.315 e. The van der Waals surface area contributed by atoms with Crippen LogP contribution in [0.5, 0.6) is 0 Å². The zero-order valence-electron chi connectivity index (χ0n) is 12.3. The highest BCUT2D eigenvalue weighted by molar-refractivity contribution is 5.59. The highest BCUT2D eigenvalue weighted by atomic mass is 16.1. The molecule has 4 heteroatoms. The van der Waals surface area contributed by atoms with E-state index in [1.165, 1.54) is 10.2 Å². The quantitative estimate of drug-likeness (QED) is 0.907. The predicted octanol–water partition coefficient (Wildman–Crippen LogP) is 2.21. The first-order valence-electron chi connectivity index (χ1n) is 7.04. The first-order valence-corrected chi connectivity index (χ1v) is 7.04. The second kappa shape index (κ2) is 6.48. The van der Waals surface area contributed by atoms with Gasteiger partial charge >= 0.3 is 0 Å². The Hall–Kier alpha value is -1.94. The van der Waals surface area contributed by atoms with E-state index >= 15 is 0 Å². The zero-order chi connectivity index (χ0) is 14.5. The van der Waals surface area contributed by atoms with E-state index in [0.717, 1.165) is 23.2 Å². The van der Waals surface area contributed by atoms with Gasteiger partial charge in [0.25, 0.3) is 5.56 Å². The van der Waals surface area contributed by atoms with E-state index in [-0.39, 0.29) is 5.56 Å². The van der Waals surface area contributed by atoms with Crippen LogP contribution in [0.25, 0.3) is 11.3 Å². The molecule has 0 radical (unpaired) electrons. The minimum Gasteiger partial charge on any atom is -0.315 e. The number of hydrogen-bond donors (Lipinski definition) is 1. The molecule has 106 valence electrons. The molecule has 0 amide bonds. The van der Waals surface area contributed by atoms with Gasteiger partial charge in [0.1, 0.15) is 0 Å². The van der Waals surface area contributed by atoms with Crippen molar-refractivity contribution in [2.45, 2.75) is 33.4 Å². The monoisotopic (exact) mass is 271 g/mol. The van der Waals surface area contributed by atoms with Crippen molar-refractivity contribution in [3.8, 4) is 11.3 Å². The number of nitrogens with one attached hydrogen (secondary N) is 1. The third kappa shape index (κ3) is 2.96. The average Bonchev–Trinajstić information content (AvgIpc) is 2.49. The van der Waals surface area contributed by atoms with Gasteiger partial charge in [-0.05, 0) is 32.0 Å². The number of hydrogen-bond acceptors (Lipinski definition) is 3. The van der Waals surface area contributed by atoms with Crippen LogP contribution in [0.2, 0.25) is 0 Å². The summed E-state index contributed by atoms with van der Waals surface area (Å²) >= 11 is 0. The van der Waals surface area contributed by atoms with Crippen molar-refractivity contribution in [2.75, 3.05) is 7.05 Å². The first kappa shape index (κ1) is 14.5. The van der Waals surface area contributed by atoms with E-state index in [1.54, 1.807) is 0 Å². The molecule has 0 saturated carbocycles. The van der Waals surface area contributed by atoms with Gasteiger partial charge in [-0.2, -0.15) is 5.10 Å². The zero-order valence-corrected chi connectivity index (χ0v) is 12.3. The molecule has 0 saturated heterocycles. The van der Waals surface area contributed by atoms with Crippen molar-refractivity contribution >= 4 is 0 Å². The molecule has 1 heterocycles. The third-order valence-electron chi connectivity index (χ3n) is 3.37. The van der Waals surface area contributed by atoms with Crippen LogP contribution in [-0.2, 0) is 19.5 Å². The van der Waals surface area contributed by atoms with Crippen molar-refractivity contribution in [3.05, 3.63) is 51.8 Å². The maximum atomic E-state index is 12.1. The predicted molar refractivity (Wildman–Crippen MR) is 81.7 cm³/mol. The van der Waals surface area contributed by atoms with Crippen LogP contribution in [0.3, 0.4) is 0 Å². The van der Waals surface area contributed by atoms with E-state index in [9.17, 15) is 4.79 Å². The Morgan fingerprint density at radius 3 is 2.45 bits per heavy atom. The molecule has 4 nitrogen and oxygen atoms in total. The molecule has 0 aliphatic heterocycles. The van der Waals surface area contributed by atoms with Crippen LogP contribution < -0.4 is 10.9 Å². The molecule has 0 aliphatic rings. The van der Waals surface area contributed by atoms with Crippen LogP contribution in [-0.4, -0.2) is 16.8 Å². The fourth-order valence-electron chi connectivity index (χ4n) is 2.18. The summed E-state index contributed by atoms with van der Waals surface area (Å²) in [5.41, 5.74) is 3.92. The lowest BCUT2D eigenvalue weighted by molar-refractivity contribution is 0.605. The van der Waals surface area contributed by atoms with Gasteiger partial charge in [-0.3, -0.25) is 4.79 Å². The van der Waals surface area contributed by atoms with Crippen molar-refractivity contribution < 1.29 is 0 Å². The first-order chi connectivity index (χ1) is 9.69. The Balaban J connectivity index is 2.49. The van der Waals surface area contributed by atoms with Gasteiger partial charge in [0.2, 0.25) is 0 Å². The SMILES string of the molecule is CCc1ccc(-c2cc(CNC)c(=O)n(CC)n2)cc1. The van der Waals surface area contributed by atoms with Gasteiger partial charge in [-0.1, -0.05) is 31.2 Å². The average molecular weight is 271 g/mol. The van der Waals surface area contributed by atoms with Crippen molar-refractivity contribution in [3.63, 3.8) is 0 Å². The Bertz CT molecular complexity index is 629. The van der Waals surface area contributed by atoms with Crippen LogP contribution >= 0.6 is 0 Å².